The molecule has 4 rings (SSSR count). The molecular formula is C15H17BrN2O. The van der Waals surface area contributed by atoms with Gasteiger partial charge in [0.05, 0.1) is 5.52 Å². The Morgan fingerprint density at radius 1 is 1.16 bits per heavy atom. The van der Waals surface area contributed by atoms with Gasteiger partial charge in [-0.3, -0.25) is 0 Å². The first-order valence-corrected chi connectivity index (χ1v) is 7.93. The molecule has 0 N–H and O–H groups in total. The zero-order chi connectivity index (χ0) is 12.8. The van der Waals surface area contributed by atoms with Crippen molar-refractivity contribution in [1.29, 1.82) is 0 Å². The van der Waals surface area contributed by atoms with E-state index in [0.717, 1.165) is 17.6 Å². The van der Waals surface area contributed by atoms with Gasteiger partial charge in [0, 0.05) is 12.0 Å². The summed E-state index contributed by atoms with van der Waals surface area (Å²) in [4.78, 5) is 0. The van der Waals surface area contributed by atoms with Crippen molar-refractivity contribution in [2.75, 3.05) is 6.61 Å². The number of rotatable bonds is 1. The Labute approximate surface area is 121 Å². The van der Waals surface area contributed by atoms with Crippen LogP contribution in [-0.4, -0.2) is 16.4 Å². The number of hydrogen-bond donors (Lipinski definition) is 0. The standard InChI is InChI=1S/C15H17BrN2O/c16-15-12-8-10-4-3-5-11(10)9-13(12)18(17-15)14-6-1-2-7-19-14/h8-9,14H,1-7H2. The van der Waals surface area contributed by atoms with Gasteiger partial charge >= 0.3 is 0 Å². The van der Waals surface area contributed by atoms with E-state index in [9.17, 15) is 0 Å². The van der Waals surface area contributed by atoms with Crippen LogP contribution in [0.5, 0.6) is 0 Å². The van der Waals surface area contributed by atoms with Crippen LogP contribution in [0.4, 0.5) is 0 Å². The van der Waals surface area contributed by atoms with E-state index in [0.29, 0.717) is 0 Å². The molecule has 4 heteroatoms. The van der Waals surface area contributed by atoms with Gasteiger partial charge in [0.15, 0.2) is 6.23 Å². The summed E-state index contributed by atoms with van der Waals surface area (Å²) in [5, 5.41) is 5.89. The van der Waals surface area contributed by atoms with Crippen LogP contribution in [0.2, 0.25) is 0 Å². The van der Waals surface area contributed by atoms with Crippen molar-refractivity contribution in [2.45, 2.75) is 44.8 Å². The Bertz CT molecular complexity index is 629. The topological polar surface area (TPSA) is 27.1 Å². The summed E-state index contributed by atoms with van der Waals surface area (Å²) < 4.78 is 8.92. The van der Waals surface area contributed by atoms with Gasteiger partial charge in [-0.25, -0.2) is 4.68 Å². The number of nitrogens with zero attached hydrogens (tertiary/aromatic N) is 2. The molecule has 1 fully saturated rings. The maximum absolute atomic E-state index is 5.88. The highest BCUT2D eigenvalue weighted by Gasteiger charge is 2.22. The van der Waals surface area contributed by atoms with Crippen molar-refractivity contribution in [1.82, 2.24) is 9.78 Å². The molecule has 1 aliphatic carbocycles. The molecule has 2 aliphatic rings. The smallest absolute Gasteiger partial charge is 0.150 e. The van der Waals surface area contributed by atoms with Gasteiger partial charge in [0.25, 0.3) is 0 Å². The molecular weight excluding hydrogens is 304 g/mol. The minimum absolute atomic E-state index is 0.113. The van der Waals surface area contributed by atoms with Gasteiger partial charge in [-0.05, 0) is 77.7 Å². The van der Waals surface area contributed by atoms with E-state index in [4.69, 9.17) is 4.74 Å². The lowest BCUT2D eigenvalue weighted by Gasteiger charge is -2.23. The summed E-state index contributed by atoms with van der Waals surface area (Å²) in [5.41, 5.74) is 4.22. The Morgan fingerprint density at radius 3 is 2.79 bits per heavy atom. The van der Waals surface area contributed by atoms with Gasteiger partial charge in [-0.2, -0.15) is 5.10 Å². The number of ether oxygens (including phenoxy) is 1. The van der Waals surface area contributed by atoms with Crippen molar-refractivity contribution in [3.63, 3.8) is 0 Å². The van der Waals surface area contributed by atoms with Crippen LogP contribution in [0.3, 0.4) is 0 Å². The summed E-state index contributed by atoms with van der Waals surface area (Å²) >= 11 is 3.61. The second-order valence-corrected chi connectivity index (χ2v) is 6.30. The number of fused-ring (bicyclic) bond motifs is 2. The quantitative estimate of drug-likeness (QED) is 0.794. The van der Waals surface area contributed by atoms with Crippen molar-refractivity contribution in [2.24, 2.45) is 0 Å². The molecule has 2 aromatic rings. The fourth-order valence-electron chi connectivity index (χ4n) is 3.30. The molecule has 3 nitrogen and oxygen atoms in total. The monoisotopic (exact) mass is 320 g/mol. The number of hydrogen-bond acceptors (Lipinski definition) is 2. The molecule has 1 unspecified atom stereocenters. The third-order valence-electron chi connectivity index (χ3n) is 4.30. The molecule has 1 aromatic heterocycles. The maximum Gasteiger partial charge on any atom is 0.150 e. The largest absolute Gasteiger partial charge is 0.356 e. The predicted octanol–water partition coefficient (Wildman–Crippen LogP) is 3.99. The molecule has 0 amide bonds. The maximum atomic E-state index is 5.88. The lowest BCUT2D eigenvalue weighted by Crippen LogP contribution is -2.19. The zero-order valence-electron chi connectivity index (χ0n) is 10.9. The minimum Gasteiger partial charge on any atom is -0.356 e. The Hall–Kier alpha value is -0.870. The van der Waals surface area contributed by atoms with Crippen LogP contribution in [-0.2, 0) is 17.6 Å². The fraction of sp³-hybridized carbons (Fsp3) is 0.533. The van der Waals surface area contributed by atoms with E-state index in [-0.39, 0.29) is 6.23 Å². The number of halogens is 1. The van der Waals surface area contributed by atoms with Crippen molar-refractivity contribution < 1.29 is 4.74 Å². The van der Waals surface area contributed by atoms with Crippen LogP contribution < -0.4 is 0 Å². The van der Waals surface area contributed by atoms with Gasteiger partial charge < -0.3 is 4.74 Å². The molecule has 2 heterocycles. The molecule has 0 bridgehead atoms. The first-order valence-electron chi connectivity index (χ1n) is 7.14. The second-order valence-electron chi connectivity index (χ2n) is 5.55. The molecule has 19 heavy (non-hydrogen) atoms. The summed E-state index contributed by atoms with van der Waals surface area (Å²) in [5.74, 6) is 0. The van der Waals surface area contributed by atoms with Crippen LogP contribution in [0.25, 0.3) is 10.9 Å². The van der Waals surface area contributed by atoms with Crippen molar-refractivity contribution >= 4 is 26.8 Å². The zero-order valence-corrected chi connectivity index (χ0v) is 12.4. The third-order valence-corrected chi connectivity index (χ3v) is 4.89. The van der Waals surface area contributed by atoms with E-state index in [2.05, 4.69) is 37.8 Å². The number of aromatic nitrogens is 2. The van der Waals surface area contributed by atoms with Gasteiger partial charge in [-0.1, -0.05) is 0 Å². The molecule has 0 saturated carbocycles. The van der Waals surface area contributed by atoms with E-state index in [1.807, 2.05) is 0 Å². The normalized spacial score (nSPS) is 22.9. The number of benzene rings is 1. The molecule has 0 spiro atoms. The van der Waals surface area contributed by atoms with E-state index < -0.39 is 0 Å². The van der Waals surface area contributed by atoms with Crippen molar-refractivity contribution in [3.8, 4) is 0 Å². The Balaban J connectivity index is 1.86. The number of aryl methyl sites for hydroxylation is 2. The average molecular weight is 321 g/mol. The van der Waals surface area contributed by atoms with E-state index >= 15 is 0 Å². The molecule has 100 valence electrons. The first kappa shape index (κ1) is 11.9. The summed E-state index contributed by atoms with van der Waals surface area (Å²) in [6, 6.07) is 4.64. The fourth-order valence-corrected chi connectivity index (χ4v) is 3.79. The lowest BCUT2D eigenvalue weighted by atomic mass is 10.1. The first-order chi connectivity index (χ1) is 9.33. The highest BCUT2D eigenvalue weighted by Crippen LogP contribution is 2.34. The molecule has 1 saturated heterocycles. The lowest BCUT2D eigenvalue weighted by molar-refractivity contribution is -0.0368. The average Bonchev–Trinajstić information content (AvgIpc) is 3.02. The predicted molar refractivity (Wildman–Crippen MR) is 78.3 cm³/mol. The highest BCUT2D eigenvalue weighted by molar-refractivity contribution is 9.10. The SMILES string of the molecule is Brc1nn(C2CCCCO2)c2cc3c(cc12)CCC3. The molecule has 0 radical (unpaired) electrons. The Morgan fingerprint density at radius 2 is 2.00 bits per heavy atom. The van der Waals surface area contributed by atoms with Crippen LogP contribution in [0, 0.1) is 0 Å². The summed E-state index contributed by atoms with van der Waals surface area (Å²) in [6.07, 6.45) is 7.29. The summed E-state index contributed by atoms with van der Waals surface area (Å²) in [6.45, 7) is 0.856. The second kappa shape index (κ2) is 4.60. The summed E-state index contributed by atoms with van der Waals surface area (Å²) in [7, 11) is 0. The highest BCUT2D eigenvalue weighted by atomic mass is 79.9. The minimum atomic E-state index is 0.113. The molecule has 1 atom stereocenters. The van der Waals surface area contributed by atoms with Gasteiger partial charge in [0.1, 0.15) is 4.60 Å². The van der Waals surface area contributed by atoms with Gasteiger partial charge in [-0.15, -0.1) is 0 Å². The van der Waals surface area contributed by atoms with E-state index in [1.54, 1.807) is 0 Å². The van der Waals surface area contributed by atoms with E-state index in [1.165, 1.54) is 54.1 Å². The van der Waals surface area contributed by atoms with Crippen LogP contribution in [0.15, 0.2) is 16.7 Å². The van der Waals surface area contributed by atoms with Crippen LogP contribution >= 0.6 is 15.9 Å². The molecule has 1 aromatic carbocycles. The molecule has 1 aliphatic heterocycles. The van der Waals surface area contributed by atoms with Crippen LogP contribution in [0.1, 0.15) is 43.0 Å². The Kier molecular flexibility index (Phi) is 2.88. The van der Waals surface area contributed by atoms with Crippen molar-refractivity contribution in [3.05, 3.63) is 27.9 Å². The van der Waals surface area contributed by atoms with Gasteiger partial charge in [0.2, 0.25) is 0 Å². The third kappa shape index (κ3) is 1.93.